The second-order valence-electron chi connectivity index (χ2n) is 7.17. The van der Waals surface area contributed by atoms with E-state index < -0.39 is 0 Å². The maximum Gasteiger partial charge on any atom is 0.337 e. The molecule has 0 saturated carbocycles. The van der Waals surface area contributed by atoms with Crippen molar-refractivity contribution in [3.63, 3.8) is 0 Å². The highest BCUT2D eigenvalue weighted by Crippen LogP contribution is 2.35. The first-order valence-corrected chi connectivity index (χ1v) is 10.0. The quantitative estimate of drug-likeness (QED) is 0.408. The molecule has 156 valence electrons. The summed E-state index contributed by atoms with van der Waals surface area (Å²) in [4.78, 5) is 24.2. The molecule has 0 amide bonds. The molecule has 0 fully saturated rings. The highest BCUT2D eigenvalue weighted by molar-refractivity contribution is 6.14. The summed E-state index contributed by atoms with van der Waals surface area (Å²) in [6.07, 6.45) is 2.72. The molecule has 0 N–H and O–H groups in total. The Labute approximate surface area is 180 Å². The molecule has 5 heteroatoms. The Morgan fingerprint density at radius 3 is 2.35 bits per heavy atom. The van der Waals surface area contributed by atoms with Gasteiger partial charge in [0.1, 0.15) is 18.1 Å². The van der Waals surface area contributed by atoms with Gasteiger partial charge in [-0.2, -0.15) is 0 Å². The van der Waals surface area contributed by atoms with Crippen LogP contribution in [0.25, 0.3) is 6.08 Å². The summed E-state index contributed by atoms with van der Waals surface area (Å²) in [5, 5.41) is 0. The van der Waals surface area contributed by atoms with Crippen LogP contribution in [0.15, 0.2) is 72.5 Å². The molecule has 1 aliphatic rings. The Morgan fingerprint density at radius 2 is 1.68 bits per heavy atom. The van der Waals surface area contributed by atoms with Gasteiger partial charge in [0.15, 0.2) is 5.76 Å². The zero-order valence-electron chi connectivity index (χ0n) is 17.4. The van der Waals surface area contributed by atoms with Gasteiger partial charge in [-0.25, -0.2) is 4.79 Å². The molecule has 3 aromatic rings. The molecule has 0 atom stereocenters. The molecule has 0 spiro atoms. The first-order chi connectivity index (χ1) is 15.1. The van der Waals surface area contributed by atoms with E-state index in [1.165, 1.54) is 12.7 Å². The first kappa shape index (κ1) is 20.4. The third-order valence-corrected chi connectivity index (χ3v) is 5.11. The fourth-order valence-corrected chi connectivity index (χ4v) is 3.28. The monoisotopic (exact) mass is 414 g/mol. The molecule has 1 heterocycles. The molecule has 5 nitrogen and oxygen atoms in total. The Balaban J connectivity index is 1.44. The first-order valence-electron chi connectivity index (χ1n) is 10.0. The smallest absolute Gasteiger partial charge is 0.337 e. The van der Waals surface area contributed by atoms with Crippen molar-refractivity contribution in [1.82, 2.24) is 0 Å². The number of allylic oxidation sites excluding steroid dienone is 1. The number of rotatable bonds is 6. The molecule has 4 rings (SSSR count). The van der Waals surface area contributed by atoms with Gasteiger partial charge in [-0.15, -0.1) is 0 Å². The average molecular weight is 414 g/mol. The van der Waals surface area contributed by atoms with E-state index in [0.717, 1.165) is 17.5 Å². The van der Waals surface area contributed by atoms with Crippen LogP contribution in [0.1, 0.15) is 44.3 Å². The maximum atomic E-state index is 12.7. The molecule has 0 radical (unpaired) electrons. The van der Waals surface area contributed by atoms with Gasteiger partial charge in [0, 0.05) is 6.07 Å². The lowest BCUT2D eigenvalue weighted by molar-refractivity contribution is 0.0600. The number of methoxy groups -OCH3 is 1. The van der Waals surface area contributed by atoms with Gasteiger partial charge in [0.05, 0.1) is 18.2 Å². The van der Waals surface area contributed by atoms with Gasteiger partial charge >= 0.3 is 5.97 Å². The van der Waals surface area contributed by atoms with Gasteiger partial charge in [-0.3, -0.25) is 4.79 Å². The SMILES string of the molecule is CCc1ccc(C=C2Oc3cc(OCc4ccc(C(=O)OC)cc4)ccc3C2=O)cc1. The summed E-state index contributed by atoms with van der Waals surface area (Å²) < 4.78 is 16.3. The standard InChI is InChI=1S/C26H22O5/c1-3-17-4-6-18(7-5-17)14-24-25(27)22-13-12-21(15-23(22)31-24)30-16-19-8-10-20(11-9-19)26(28)29-2/h4-15H,3,16H2,1-2H3. The van der Waals surface area contributed by atoms with Crippen LogP contribution in [-0.2, 0) is 17.8 Å². The maximum absolute atomic E-state index is 12.7. The number of carbonyl (C=O) groups is 2. The van der Waals surface area contributed by atoms with Gasteiger partial charge in [-0.1, -0.05) is 43.3 Å². The molecular weight excluding hydrogens is 392 g/mol. The van der Waals surface area contributed by atoms with E-state index in [4.69, 9.17) is 14.2 Å². The summed E-state index contributed by atoms with van der Waals surface area (Å²) in [6, 6.07) is 20.2. The second kappa shape index (κ2) is 8.88. The fourth-order valence-electron chi connectivity index (χ4n) is 3.28. The molecule has 3 aromatic carbocycles. The minimum atomic E-state index is -0.377. The van der Waals surface area contributed by atoms with Crippen LogP contribution in [0.4, 0.5) is 0 Å². The van der Waals surface area contributed by atoms with Crippen LogP contribution < -0.4 is 9.47 Å². The number of ketones is 1. The number of ether oxygens (including phenoxy) is 3. The normalized spacial score (nSPS) is 13.6. The largest absolute Gasteiger partial charge is 0.489 e. The number of hydrogen-bond donors (Lipinski definition) is 0. The number of Topliss-reactive ketones (excluding diaryl/α,β-unsaturated/α-hetero) is 1. The van der Waals surface area contributed by atoms with Crippen LogP contribution >= 0.6 is 0 Å². The molecule has 31 heavy (non-hydrogen) atoms. The molecule has 0 unspecified atom stereocenters. The predicted molar refractivity (Wildman–Crippen MR) is 117 cm³/mol. The van der Waals surface area contributed by atoms with Crippen molar-refractivity contribution in [1.29, 1.82) is 0 Å². The number of carbonyl (C=O) groups excluding carboxylic acids is 2. The lowest BCUT2D eigenvalue weighted by Crippen LogP contribution is -2.02. The molecule has 0 bridgehead atoms. The van der Waals surface area contributed by atoms with Crippen molar-refractivity contribution >= 4 is 17.8 Å². The van der Waals surface area contributed by atoms with Crippen molar-refractivity contribution in [3.05, 3.63) is 100 Å². The molecule has 0 aliphatic carbocycles. The van der Waals surface area contributed by atoms with Crippen molar-refractivity contribution in [2.24, 2.45) is 0 Å². The van der Waals surface area contributed by atoms with Crippen molar-refractivity contribution in [3.8, 4) is 11.5 Å². The Bertz CT molecular complexity index is 1140. The zero-order chi connectivity index (χ0) is 21.8. The van der Waals surface area contributed by atoms with Gasteiger partial charge < -0.3 is 14.2 Å². The third kappa shape index (κ3) is 4.51. The highest BCUT2D eigenvalue weighted by Gasteiger charge is 2.27. The summed E-state index contributed by atoms with van der Waals surface area (Å²) in [5.74, 6) is 0.865. The van der Waals surface area contributed by atoms with Crippen LogP contribution in [0, 0.1) is 0 Å². The lowest BCUT2D eigenvalue weighted by atomic mass is 10.1. The lowest BCUT2D eigenvalue weighted by Gasteiger charge is -2.08. The zero-order valence-corrected chi connectivity index (χ0v) is 17.4. The van der Waals surface area contributed by atoms with Crippen molar-refractivity contribution in [2.75, 3.05) is 7.11 Å². The topological polar surface area (TPSA) is 61.8 Å². The van der Waals surface area contributed by atoms with Gasteiger partial charge in [0.2, 0.25) is 5.78 Å². The minimum Gasteiger partial charge on any atom is -0.489 e. The predicted octanol–water partition coefficient (Wildman–Crippen LogP) is 5.23. The Kier molecular flexibility index (Phi) is 5.85. The second-order valence-corrected chi connectivity index (χ2v) is 7.17. The van der Waals surface area contributed by atoms with Crippen molar-refractivity contribution in [2.45, 2.75) is 20.0 Å². The number of fused-ring (bicyclic) bond motifs is 1. The average Bonchev–Trinajstić information content (AvgIpc) is 3.12. The summed E-state index contributed by atoms with van der Waals surface area (Å²) in [7, 11) is 1.35. The molecular formula is C26H22O5. The van der Waals surface area contributed by atoms with Crippen LogP contribution in [0.3, 0.4) is 0 Å². The van der Waals surface area contributed by atoms with Gasteiger partial charge in [-0.05, 0) is 53.5 Å². The molecule has 1 aliphatic heterocycles. The van der Waals surface area contributed by atoms with E-state index in [9.17, 15) is 9.59 Å². The van der Waals surface area contributed by atoms with E-state index in [2.05, 4.69) is 6.92 Å². The van der Waals surface area contributed by atoms with E-state index in [0.29, 0.717) is 35.0 Å². The molecule has 0 saturated heterocycles. The molecule has 0 aromatic heterocycles. The minimum absolute atomic E-state index is 0.139. The van der Waals surface area contributed by atoms with Crippen molar-refractivity contribution < 1.29 is 23.8 Å². The van der Waals surface area contributed by atoms with Crippen LogP contribution in [0.5, 0.6) is 11.5 Å². The number of esters is 1. The Hall–Kier alpha value is -3.86. The summed E-state index contributed by atoms with van der Waals surface area (Å²) in [5.41, 5.74) is 4.07. The Morgan fingerprint density at radius 1 is 0.968 bits per heavy atom. The fraction of sp³-hybridized carbons (Fsp3) is 0.154. The van der Waals surface area contributed by atoms with Crippen LogP contribution in [0.2, 0.25) is 0 Å². The summed E-state index contributed by atoms with van der Waals surface area (Å²) >= 11 is 0. The van der Waals surface area contributed by atoms with E-state index in [1.54, 1.807) is 36.4 Å². The number of benzene rings is 3. The highest BCUT2D eigenvalue weighted by atomic mass is 16.5. The van der Waals surface area contributed by atoms with E-state index in [1.807, 2.05) is 36.4 Å². The van der Waals surface area contributed by atoms with E-state index in [-0.39, 0.29) is 11.8 Å². The van der Waals surface area contributed by atoms with Gasteiger partial charge in [0.25, 0.3) is 0 Å². The summed E-state index contributed by atoms with van der Waals surface area (Å²) in [6.45, 7) is 2.42. The number of aryl methyl sites for hydroxylation is 1. The number of hydrogen-bond acceptors (Lipinski definition) is 5. The van der Waals surface area contributed by atoms with Crippen LogP contribution in [-0.4, -0.2) is 18.9 Å². The van der Waals surface area contributed by atoms with E-state index >= 15 is 0 Å². The third-order valence-electron chi connectivity index (χ3n) is 5.11.